The van der Waals surface area contributed by atoms with Gasteiger partial charge >= 0.3 is 0 Å². The van der Waals surface area contributed by atoms with E-state index in [1.54, 1.807) is 0 Å². The number of benzene rings is 1. The van der Waals surface area contributed by atoms with Gasteiger partial charge in [0.15, 0.2) is 0 Å². The Morgan fingerprint density at radius 1 is 1.47 bits per heavy atom. The van der Waals surface area contributed by atoms with Crippen LogP contribution in [0.1, 0.15) is 30.5 Å². The average molecular weight is 252 g/mol. The van der Waals surface area contributed by atoms with E-state index < -0.39 is 0 Å². The highest BCUT2D eigenvalue weighted by molar-refractivity contribution is 6.31. The molecule has 3 heteroatoms. The molecule has 1 unspecified atom stereocenters. The number of hydrogen-bond donors (Lipinski definition) is 1. The molecular weight excluding hydrogens is 234 g/mol. The van der Waals surface area contributed by atoms with Crippen molar-refractivity contribution in [2.75, 3.05) is 13.2 Å². The van der Waals surface area contributed by atoms with Crippen LogP contribution in [0.2, 0.25) is 5.02 Å². The van der Waals surface area contributed by atoms with Gasteiger partial charge in [0, 0.05) is 11.4 Å². The van der Waals surface area contributed by atoms with E-state index in [0.717, 1.165) is 35.9 Å². The van der Waals surface area contributed by atoms with Crippen molar-refractivity contribution in [1.29, 1.82) is 0 Å². The van der Waals surface area contributed by atoms with Crippen LogP contribution >= 0.6 is 11.6 Å². The molecule has 92 valence electrons. The zero-order valence-corrected chi connectivity index (χ0v) is 11.1. The summed E-state index contributed by atoms with van der Waals surface area (Å²) in [5.41, 5.74) is 2.32. The van der Waals surface area contributed by atoms with E-state index in [9.17, 15) is 0 Å². The molecule has 0 radical (unpaired) electrons. The molecule has 1 aliphatic heterocycles. The number of likely N-dealkylation sites (N-methyl/N-ethyl adjacent to an activating group) is 1. The molecule has 0 fully saturated rings. The molecule has 17 heavy (non-hydrogen) atoms. The Morgan fingerprint density at radius 2 is 2.29 bits per heavy atom. The van der Waals surface area contributed by atoms with Gasteiger partial charge in [-0.3, -0.25) is 0 Å². The third-order valence-corrected chi connectivity index (χ3v) is 3.45. The van der Waals surface area contributed by atoms with Crippen LogP contribution in [-0.2, 0) is 4.74 Å². The quantitative estimate of drug-likeness (QED) is 0.883. The first-order valence-corrected chi connectivity index (χ1v) is 6.43. The molecule has 0 spiro atoms. The molecule has 2 rings (SSSR count). The second-order valence-electron chi connectivity index (χ2n) is 4.19. The van der Waals surface area contributed by atoms with Gasteiger partial charge in [-0.15, -0.1) is 0 Å². The molecule has 0 aromatic heterocycles. The van der Waals surface area contributed by atoms with Crippen LogP contribution in [0.15, 0.2) is 30.0 Å². The number of nitrogens with one attached hydrogen (secondary N) is 1. The minimum atomic E-state index is 0.126. The van der Waals surface area contributed by atoms with Crippen LogP contribution in [0.25, 0.3) is 0 Å². The Labute approximate surface area is 108 Å². The van der Waals surface area contributed by atoms with E-state index in [0.29, 0.717) is 0 Å². The van der Waals surface area contributed by atoms with E-state index in [4.69, 9.17) is 16.3 Å². The fraction of sp³-hybridized carbons (Fsp3) is 0.429. The first kappa shape index (κ1) is 12.5. The predicted octanol–water partition coefficient (Wildman–Crippen LogP) is 3.60. The minimum Gasteiger partial charge on any atom is -0.496 e. The molecule has 0 saturated heterocycles. The van der Waals surface area contributed by atoms with Crippen molar-refractivity contribution < 1.29 is 4.74 Å². The number of ether oxygens (including phenoxy) is 1. The lowest BCUT2D eigenvalue weighted by Crippen LogP contribution is -2.24. The third-order valence-electron chi connectivity index (χ3n) is 3.05. The van der Waals surface area contributed by atoms with Crippen molar-refractivity contribution in [1.82, 2.24) is 5.32 Å². The maximum atomic E-state index is 6.18. The molecule has 1 N–H and O–H groups in total. The van der Waals surface area contributed by atoms with E-state index in [1.165, 1.54) is 5.56 Å². The molecule has 1 atom stereocenters. The largest absolute Gasteiger partial charge is 0.496 e. The van der Waals surface area contributed by atoms with Gasteiger partial charge in [-0.2, -0.15) is 0 Å². The Balaban J connectivity index is 2.35. The summed E-state index contributed by atoms with van der Waals surface area (Å²) >= 11 is 6.18. The minimum absolute atomic E-state index is 0.126. The molecule has 0 aliphatic carbocycles. The predicted molar refractivity (Wildman–Crippen MR) is 71.3 cm³/mol. The van der Waals surface area contributed by atoms with Gasteiger partial charge < -0.3 is 10.1 Å². The summed E-state index contributed by atoms with van der Waals surface area (Å²) in [4.78, 5) is 0. The van der Waals surface area contributed by atoms with Crippen LogP contribution in [0.5, 0.6) is 0 Å². The number of rotatable bonds is 4. The van der Waals surface area contributed by atoms with Crippen LogP contribution < -0.4 is 5.32 Å². The van der Waals surface area contributed by atoms with Gasteiger partial charge in [-0.05, 0) is 36.7 Å². The van der Waals surface area contributed by atoms with Crippen LogP contribution in [0.3, 0.4) is 0 Å². The van der Waals surface area contributed by atoms with Gasteiger partial charge in [0.05, 0.1) is 12.6 Å². The number of halogens is 1. The summed E-state index contributed by atoms with van der Waals surface area (Å²) < 4.78 is 5.67. The lowest BCUT2D eigenvalue weighted by atomic mass is 9.99. The third kappa shape index (κ3) is 2.64. The van der Waals surface area contributed by atoms with E-state index >= 15 is 0 Å². The van der Waals surface area contributed by atoms with Crippen molar-refractivity contribution in [3.05, 3.63) is 46.2 Å². The summed E-state index contributed by atoms with van der Waals surface area (Å²) in [6.07, 6.45) is 3.16. The van der Waals surface area contributed by atoms with Gasteiger partial charge in [0.2, 0.25) is 0 Å². The molecule has 1 aliphatic rings. The Bertz CT molecular complexity index is 428. The summed E-state index contributed by atoms with van der Waals surface area (Å²) in [5.74, 6) is 1.03. The monoisotopic (exact) mass is 251 g/mol. The molecule has 0 bridgehead atoms. The summed E-state index contributed by atoms with van der Waals surface area (Å²) in [6, 6.07) is 6.15. The standard InChI is InChI=1S/C14H18ClNO/c1-3-16-14(13-8-5-9-17-13)11-6-4-7-12(15)10(11)2/h4,6-8,14,16H,3,5,9H2,1-2H3. The molecule has 1 aromatic carbocycles. The lowest BCUT2D eigenvalue weighted by molar-refractivity contribution is 0.216. The van der Waals surface area contributed by atoms with Gasteiger partial charge in [-0.1, -0.05) is 30.7 Å². The normalized spacial score (nSPS) is 16.5. The molecule has 0 saturated carbocycles. The average Bonchev–Trinajstić information content (AvgIpc) is 2.84. The molecular formula is C14H18ClNO. The molecule has 2 nitrogen and oxygen atoms in total. The molecule has 1 heterocycles. The van der Waals surface area contributed by atoms with Crippen LogP contribution in [0, 0.1) is 6.92 Å². The Kier molecular flexibility index (Phi) is 4.08. The number of hydrogen-bond acceptors (Lipinski definition) is 2. The highest BCUT2D eigenvalue weighted by Crippen LogP contribution is 2.31. The Hall–Kier alpha value is -0.990. The van der Waals surface area contributed by atoms with E-state index in [-0.39, 0.29) is 6.04 Å². The molecule has 1 aromatic rings. The maximum Gasteiger partial charge on any atom is 0.114 e. The van der Waals surface area contributed by atoms with Gasteiger partial charge in [0.1, 0.15) is 5.76 Å². The summed E-state index contributed by atoms with van der Waals surface area (Å²) in [5, 5.41) is 4.27. The molecule has 0 amide bonds. The van der Waals surface area contributed by atoms with E-state index in [2.05, 4.69) is 31.3 Å². The van der Waals surface area contributed by atoms with E-state index in [1.807, 2.05) is 12.1 Å². The second kappa shape index (κ2) is 5.56. The van der Waals surface area contributed by atoms with Crippen molar-refractivity contribution in [3.8, 4) is 0 Å². The fourth-order valence-corrected chi connectivity index (χ4v) is 2.32. The zero-order valence-electron chi connectivity index (χ0n) is 10.3. The van der Waals surface area contributed by atoms with Crippen molar-refractivity contribution >= 4 is 11.6 Å². The smallest absolute Gasteiger partial charge is 0.114 e. The first-order valence-electron chi connectivity index (χ1n) is 6.05. The highest BCUT2D eigenvalue weighted by Gasteiger charge is 2.21. The first-order chi connectivity index (χ1) is 8.24. The SMILES string of the molecule is CCNC(C1=CCCO1)c1cccc(Cl)c1C. The van der Waals surface area contributed by atoms with Crippen molar-refractivity contribution in [3.63, 3.8) is 0 Å². The van der Waals surface area contributed by atoms with Crippen molar-refractivity contribution in [2.24, 2.45) is 0 Å². The van der Waals surface area contributed by atoms with Gasteiger partial charge in [0.25, 0.3) is 0 Å². The summed E-state index contributed by atoms with van der Waals surface area (Å²) in [6.45, 7) is 5.84. The topological polar surface area (TPSA) is 21.3 Å². The lowest BCUT2D eigenvalue weighted by Gasteiger charge is -2.21. The van der Waals surface area contributed by atoms with Crippen LogP contribution in [0.4, 0.5) is 0 Å². The zero-order chi connectivity index (χ0) is 12.3. The van der Waals surface area contributed by atoms with Gasteiger partial charge in [-0.25, -0.2) is 0 Å². The second-order valence-corrected chi connectivity index (χ2v) is 4.60. The fourth-order valence-electron chi connectivity index (χ4n) is 2.14. The van der Waals surface area contributed by atoms with Crippen LogP contribution in [-0.4, -0.2) is 13.2 Å². The summed E-state index contributed by atoms with van der Waals surface area (Å²) in [7, 11) is 0. The Morgan fingerprint density at radius 3 is 2.94 bits per heavy atom. The maximum absolute atomic E-state index is 6.18. The highest BCUT2D eigenvalue weighted by atomic mass is 35.5. The van der Waals surface area contributed by atoms with Crippen molar-refractivity contribution in [2.45, 2.75) is 26.3 Å².